The van der Waals surface area contributed by atoms with Gasteiger partial charge in [0.15, 0.2) is 11.0 Å². The maximum Gasteiger partial charge on any atom is 0.337 e. The topological polar surface area (TPSA) is 81.4 Å². The van der Waals surface area contributed by atoms with Gasteiger partial charge >= 0.3 is 5.97 Å². The van der Waals surface area contributed by atoms with E-state index in [0.29, 0.717) is 22.2 Å². The van der Waals surface area contributed by atoms with Crippen LogP contribution < -0.4 is 5.56 Å². The molecule has 0 amide bonds. The Kier molecular flexibility index (Phi) is 3.82. The Hall–Kier alpha value is -2.70. The second-order valence-corrected chi connectivity index (χ2v) is 6.57. The molecule has 2 aromatic carbocycles. The smallest absolute Gasteiger partial charge is 0.337 e. The Morgan fingerprint density at radius 1 is 1.27 bits per heavy atom. The van der Waals surface area contributed by atoms with Gasteiger partial charge in [0.25, 0.3) is 5.56 Å². The Morgan fingerprint density at radius 3 is 2.73 bits per heavy atom. The van der Waals surface area contributed by atoms with E-state index in [9.17, 15) is 14.7 Å². The van der Waals surface area contributed by atoms with Crippen molar-refractivity contribution in [2.75, 3.05) is 6.61 Å². The van der Waals surface area contributed by atoms with E-state index >= 15 is 0 Å². The van der Waals surface area contributed by atoms with Crippen LogP contribution in [0, 0.1) is 0 Å². The maximum atomic E-state index is 13.1. The normalized spacial score (nSPS) is 19.0. The number of rotatable bonds is 3. The summed E-state index contributed by atoms with van der Waals surface area (Å²) in [5.74, 6) is -0.766. The quantitative estimate of drug-likeness (QED) is 0.564. The third-order valence-corrected chi connectivity index (χ3v) is 5.10. The van der Waals surface area contributed by atoms with E-state index in [2.05, 4.69) is 4.98 Å². The second-order valence-electron chi connectivity index (χ2n) is 5.98. The van der Waals surface area contributed by atoms with Crippen molar-refractivity contribution >= 4 is 28.5 Å². The molecule has 4 rings (SSSR count). The molecule has 0 radical (unpaired) electrons. The summed E-state index contributed by atoms with van der Waals surface area (Å²) in [6.07, 6.45) is -1.72. The number of carbonyl (C=O) groups is 1. The number of aromatic nitrogens is 2. The predicted octanol–water partition coefficient (Wildman–Crippen LogP) is 2.11. The van der Waals surface area contributed by atoms with E-state index in [0.717, 1.165) is 0 Å². The zero-order valence-corrected chi connectivity index (χ0v) is 14.6. The number of fused-ring (bicyclic) bond motifs is 4. The molecule has 3 aromatic rings. The summed E-state index contributed by atoms with van der Waals surface area (Å²) in [7, 11) is 0. The molecule has 0 fully saturated rings. The molecule has 2 heterocycles. The molecule has 2 unspecified atom stereocenters. The number of hydrogen-bond donors (Lipinski definition) is 1. The van der Waals surface area contributed by atoms with Gasteiger partial charge in [0.1, 0.15) is 5.82 Å². The Labute approximate surface area is 153 Å². The molecule has 1 N–H and O–H groups in total. The molecular weight excluding hydrogens is 356 g/mol. The standard InChI is InChI=1S/C19H15ClN2O4/c1-2-26-17(25)15(23)19(20)12-8-4-6-10-14(12)22-16(24)11-7-3-5-9-13(11)21-18(19)22/h3-10,15,23H,2H2,1H3. The Morgan fingerprint density at radius 2 is 1.96 bits per heavy atom. The van der Waals surface area contributed by atoms with Gasteiger partial charge in [0, 0.05) is 5.56 Å². The molecule has 132 valence electrons. The fourth-order valence-corrected chi connectivity index (χ4v) is 3.73. The molecule has 0 saturated carbocycles. The van der Waals surface area contributed by atoms with Crippen molar-refractivity contribution in [3.63, 3.8) is 0 Å². The third-order valence-electron chi connectivity index (χ3n) is 4.52. The SMILES string of the molecule is CCOC(=O)C(O)C1(Cl)c2ccccc2-n2c1nc1ccccc1c2=O. The van der Waals surface area contributed by atoms with Crippen molar-refractivity contribution in [3.8, 4) is 5.69 Å². The molecule has 26 heavy (non-hydrogen) atoms. The molecule has 7 heteroatoms. The number of nitrogens with zero attached hydrogens (tertiary/aromatic N) is 2. The van der Waals surface area contributed by atoms with Gasteiger partial charge in [-0.15, -0.1) is 11.6 Å². The molecule has 1 aliphatic rings. The van der Waals surface area contributed by atoms with Crippen LogP contribution >= 0.6 is 11.6 Å². The molecule has 1 aliphatic heterocycles. The summed E-state index contributed by atoms with van der Waals surface area (Å²) in [5.41, 5.74) is 1.06. The number of aliphatic hydroxyl groups excluding tert-OH is 1. The van der Waals surface area contributed by atoms with Crippen LogP contribution in [0.15, 0.2) is 53.3 Å². The van der Waals surface area contributed by atoms with Crippen LogP contribution in [0.4, 0.5) is 0 Å². The highest BCUT2D eigenvalue weighted by molar-refractivity contribution is 6.28. The second kappa shape index (κ2) is 5.93. The molecule has 6 nitrogen and oxygen atoms in total. The summed E-state index contributed by atoms with van der Waals surface area (Å²) in [6.45, 7) is 1.74. The summed E-state index contributed by atoms with van der Waals surface area (Å²) in [5, 5.41) is 11.1. The molecule has 1 aromatic heterocycles. The number of para-hydroxylation sites is 2. The lowest BCUT2D eigenvalue weighted by Crippen LogP contribution is -2.42. The van der Waals surface area contributed by atoms with Gasteiger partial charge in [-0.1, -0.05) is 30.3 Å². The van der Waals surface area contributed by atoms with Gasteiger partial charge in [-0.25, -0.2) is 9.78 Å². The number of benzene rings is 2. The molecule has 0 bridgehead atoms. The fraction of sp³-hybridized carbons (Fsp3) is 0.211. The first-order valence-corrected chi connectivity index (χ1v) is 8.53. The van der Waals surface area contributed by atoms with Gasteiger partial charge in [0.2, 0.25) is 0 Å². The summed E-state index contributed by atoms with van der Waals surface area (Å²) in [4.78, 5) is 28.1. The first kappa shape index (κ1) is 16.8. The molecule has 0 spiro atoms. The zero-order valence-electron chi connectivity index (χ0n) is 13.8. The van der Waals surface area contributed by atoms with E-state index in [-0.39, 0.29) is 18.0 Å². The Balaban J connectivity index is 2.07. The number of esters is 1. The van der Waals surface area contributed by atoms with Crippen LogP contribution in [0.25, 0.3) is 16.6 Å². The largest absolute Gasteiger partial charge is 0.464 e. The number of aliphatic hydroxyl groups is 1. The van der Waals surface area contributed by atoms with Crippen LogP contribution in [0.3, 0.4) is 0 Å². The van der Waals surface area contributed by atoms with Crippen LogP contribution in [-0.4, -0.2) is 33.3 Å². The van der Waals surface area contributed by atoms with Gasteiger partial charge < -0.3 is 9.84 Å². The number of carbonyl (C=O) groups excluding carboxylic acids is 1. The summed E-state index contributed by atoms with van der Waals surface area (Å²) >= 11 is 6.81. The van der Waals surface area contributed by atoms with Crippen molar-refractivity contribution < 1.29 is 14.6 Å². The first-order chi connectivity index (χ1) is 12.5. The number of hydrogen-bond acceptors (Lipinski definition) is 5. The van der Waals surface area contributed by atoms with Crippen molar-refractivity contribution in [2.45, 2.75) is 17.9 Å². The molecule has 2 atom stereocenters. The zero-order chi connectivity index (χ0) is 18.5. The number of halogens is 1. The van der Waals surface area contributed by atoms with E-state index < -0.39 is 16.9 Å². The summed E-state index contributed by atoms with van der Waals surface area (Å²) in [6, 6.07) is 13.7. The minimum absolute atomic E-state index is 0.0997. The Bertz CT molecular complexity index is 1090. The lowest BCUT2D eigenvalue weighted by molar-refractivity contribution is -0.154. The van der Waals surface area contributed by atoms with Gasteiger partial charge in [-0.2, -0.15) is 0 Å². The van der Waals surface area contributed by atoms with Gasteiger partial charge in [-0.05, 0) is 25.1 Å². The number of alkyl halides is 1. The van der Waals surface area contributed by atoms with E-state index in [1.807, 2.05) is 0 Å². The number of ether oxygens (including phenoxy) is 1. The average molecular weight is 371 g/mol. The third kappa shape index (κ3) is 2.12. The highest BCUT2D eigenvalue weighted by Crippen LogP contribution is 2.47. The first-order valence-electron chi connectivity index (χ1n) is 8.16. The minimum atomic E-state index is -1.72. The maximum absolute atomic E-state index is 13.1. The van der Waals surface area contributed by atoms with Crippen molar-refractivity contribution in [1.29, 1.82) is 0 Å². The minimum Gasteiger partial charge on any atom is -0.464 e. The average Bonchev–Trinajstić information content (AvgIpc) is 2.92. The molecule has 0 aliphatic carbocycles. The van der Waals surface area contributed by atoms with Crippen LogP contribution in [0.1, 0.15) is 18.3 Å². The van der Waals surface area contributed by atoms with Gasteiger partial charge in [-0.3, -0.25) is 9.36 Å². The van der Waals surface area contributed by atoms with E-state index in [4.69, 9.17) is 16.3 Å². The highest BCUT2D eigenvalue weighted by Gasteiger charge is 2.53. The molecular formula is C19H15ClN2O4. The highest BCUT2D eigenvalue weighted by atomic mass is 35.5. The van der Waals surface area contributed by atoms with E-state index in [1.165, 1.54) is 4.57 Å². The van der Waals surface area contributed by atoms with E-state index in [1.54, 1.807) is 55.5 Å². The lowest BCUT2D eigenvalue weighted by atomic mass is 9.93. The van der Waals surface area contributed by atoms with Crippen LogP contribution in [0.5, 0.6) is 0 Å². The lowest BCUT2D eigenvalue weighted by Gasteiger charge is -2.26. The summed E-state index contributed by atoms with van der Waals surface area (Å²) < 4.78 is 6.29. The predicted molar refractivity (Wildman–Crippen MR) is 96.6 cm³/mol. The van der Waals surface area contributed by atoms with Crippen molar-refractivity contribution in [2.24, 2.45) is 0 Å². The fourth-order valence-electron chi connectivity index (χ4n) is 3.35. The molecule has 0 saturated heterocycles. The van der Waals surface area contributed by atoms with Crippen LogP contribution in [-0.2, 0) is 14.4 Å². The van der Waals surface area contributed by atoms with Crippen LogP contribution in [0.2, 0.25) is 0 Å². The van der Waals surface area contributed by atoms with Crippen molar-refractivity contribution in [1.82, 2.24) is 9.55 Å². The monoisotopic (exact) mass is 370 g/mol. The van der Waals surface area contributed by atoms with Crippen molar-refractivity contribution in [3.05, 3.63) is 70.3 Å². The van der Waals surface area contributed by atoms with Gasteiger partial charge in [0.05, 0.1) is 23.2 Å².